The number of hydrogen-bond acceptors (Lipinski definition) is 3. The van der Waals surface area contributed by atoms with Gasteiger partial charge in [0.25, 0.3) is 0 Å². The molecule has 1 saturated heterocycles. The second kappa shape index (κ2) is 6.68. The van der Waals surface area contributed by atoms with E-state index in [0.717, 1.165) is 12.0 Å². The highest BCUT2D eigenvalue weighted by Gasteiger charge is 2.33. The minimum Gasteiger partial charge on any atom is -0.314 e. The average molecular weight is 273 g/mol. The molecular formula is C17H27N3. The lowest BCUT2D eigenvalue weighted by molar-refractivity contribution is 0.203. The SMILES string of the molecule is C[C@@H](NC1CCCCC1C1CCCN1)c1ccncc1. The van der Waals surface area contributed by atoms with Crippen LogP contribution in [0.3, 0.4) is 0 Å². The van der Waals surface area contributed by atoms with Gasteiger partial charge in [-0.25, -0.2) is 0 Å². The molecule has 2 heterocycles. The summed E-state index contributed by atoms with van der Waals surface area (Å²) in [5.41, 5.74) is 1.35. The number of pyridine rings is 1. The summed E-state index contributed by atoms with van der Waals surface area (Å²) >= 11 is 0. The molecule has 1 aliphatic heterocycles. The topological polar surface area (TPSA) is 37.0 Å². The van der Waals surface area contributed by atoms with Crippen LogP contribution in [0.5, 0.6) is 0 Å². The molecule has 3 heteroatoms. The van der Waals surface area contributed by atoms with E-state index < -0.39 is 0 Å². The second-order valence-electron chi connectivity index (χ2n) is 6.43. The highest BCUT2D eigenvalue weighted by Crippen LogP contribution is 2.32. The fourth-order valence-electron chi connectivity index (χ4n) is 3.99. The molecule has 110 valence electrons. The van der Waals surface area contributed by atoms with Gasteiger partial charge in [0.05, 0.1) is 0 Å². The fourth-order valence-corrected chi connectivity index (χ4v) is 3.99. The van der Waals surface area contributed by atoms with Gasteiger partial charge in [-0.2, -0.15) is 0 Å². The van der Waals surface area contributed by atoms with E-state index in [0.29, 0.717) is 12.1 Å². The maximum atomic E-state index is 4.11. The smallest absolute Gasteiger partial charge is 0.0295 e. The molecule has 2 aliphatic rings. The average Bonchev–Trinajstić information content (AvgIpc) is 3.03. The van der Waals surface area contributed by atoms with E-state index >= 15 is 0 Å². The molecule has 3 unspecified atom stereocenters. The van der Waals surface area contributed by atoms with Gasteiger partial charge in [0.1, 0.15) is 0 Å². The Labute approximate surface area is 122 Å². The Morgan fingerprint density at radius 3 is 2.70 bits per heavy atom. The number of rotatable bonds is 4. The molecule has 4 atom stereocenters. The fraction of sp³-hybridized carbons (Fsp3) is 0.706. The zero-order valence-electron chi connectivity index (χ0n) is 12.5. The molecule has 1 aliphatic carbocycles. The minimum absolute atomic E-state index is 0.421. The Bertz CT molecular complexity index is 400. The number of aromatic nitrogens is 1. The predicted octanol–water partition coefficient (Wildman–Crippen LogP) is 3.04. The third-order valence-electron chi connectivity index (χ3n) is 5.10. The van der Waals surface area contributed by atoms with Gasteiger partial charge in [-0.05, 0) is 62.8 Å². The Balaban J connectivity index is 1.64. The van der Waals surface area contributed by atoms with Crippen molar-refractivity contribution >= 4 is 0 Å². The van der Waals surface area contributed by atoms with Crippen molar-refractivity contribution in [1.82, 2.24) is 15.6 Å². The highest BCUT2D eigenvalue weighted by atomic mass is 15.0. The van der Waals surface area contributed by atoms with Crippen LogP contribution >= 0.6 is 0 Å². The maximum Gasteiger partial charge on any atom is 0.0295 e. The van der Waals surface area contributed by atoms with Crippen molar-refractivity contribution in [1.29, 1.82) is 0 Å². The summed E-state index contributed by atoms with van der Waals surface area (Å²) in [4.78, 5) is 4.11. The molecule has 3 rings (SSSR count). The van der Waals surface area contributed by atoms with Gasteiger partial charge >= 0.3 is 0 Å². The Hall–Kier alpha value is -0.930. The Kier molecular flexibility index (Phi) is 4.69. The number of hydrogen-bond donors (Lipinski definition) is 2. The zero-order chi connectivity index (χ0) is 13.8. The largest absolute Gasteiger partial charge is 0.314 e. The molecule has 0 radical (unpaired) electrons. The summed E-state index contributed by atoms with van der Waals surface area (Å²) < 4.78 is 0. The molecule has 3 nitrogen and oxygen atoms in total. The third kappa shape index (κ3) is 3.21. The van der Waals surface area contributed by atoms with Gasteiger partial charge in [-0.3, -0.25) is 4.98 Å². The van der Waals surface area contributed by atoms with Crippen molar-refractivity contribution < 1.29 is 0 Å². The highest BCUT2D eigenvalue weighted by molar-refractivity contribution is 5.14. The molecule has 2 N–H and O–H groups in total. The first-order valence-corrected chi connectivity index (χ1v) is 8.24. The lowest BCUT2D eigenvalue weighted by atomic mass is 9.79. The van der Waals surface area contributed by atoms with E-state index in [-0.39, 0.29) is 0 Å². The van der Waals surface area contributed by atoms with Gasteiger partial charge in [0.2, 0.25) is 0 Å². The Morgan fingerprint density at radius 2 is 1.95 bits per heavy atom. The molecule has 1 saturated carbocycles. The van der Waals surface area contributed by atoms with Crippen LogP contribution in [0.25, 0.3) is 0 Å². The summed E-state index contributed by atoms with van der Waals surface area (Å²) in [6.07, 6.45) is 12.0. The lowest BCUT2D eigenvalue weighted by Crippen LogP contribution is -2.47. The van der Waals surface area contributed by atoms with Crippen LogP contribution in [0.15, 0.2) is 24.5 Å². The van der Waals surface area contributed by atoms with Crippen LogP contribution in [-0.4, -0.2) is 23.6 Å². The molecule has 0 spiro atoms. The molecule has 1 aromatic heterocycles. The number of nitrogens with one attached hydrogen (secondary N) is 2. The van der Waals surface area contributed by atoms with Gasteiger partial charge in [-0.1, -0.05) is 12.8 Å². The predicted molar refractivity (Wildman–Crippen MR) is 82.6 cm³/mol. The van der Waals surface area contributed by atoms with Crippen molar-refractivity contribution in [3.63, 3.8) is 0 Å². The van der Waals surface area contributed by atoms with E-state index in [1.807, 2.05) is 12.4 Å². The van der Waals surface area contributed by atoms with Crippen molar-refractivity contribution in [2.45, 2.75) is 63.6 Å². The first-order valence-electron chi connectivity index (χ1n) is 8.24. The molecule has 20 heavy (non-hydrogen) atoms. The summed E-state index contributed by atoms with van der Waals surface area (Å²) in [5, 5.41) is 7.61. The van der Waals surface area contributed by atoms with Crippen LogP contribution in [0, 0.1) is 5.92 Å². The van der Waals surface area contributed by atoms with Crippen LogP contribution in [0.2, 0.25) is 0 Å². The van der Waals surface area contributed by atoms with Gasteiger partial charge in [0, 0.05) is 30.5 Å². The van der Waals surface area contributed by atoms with Crippen LogP contribution in [0.1, 0.15) is 57.1 Å². The zero-order valence-corrected chi connectivity index (χ0v) is 12.5. The summed E-state index contributed by atoms with van der Waals surface area (Å²) in [7, 11) is 0. The summed E-state index contributed by atoms with van der Waals surface area (Å²) in [5.74, 6) is 0.815. The molecule has 0 amide bonds. The van der Waals surface area contributed by atoms with Gasteiger partial charge in [-0.15, -0.1) is 0 Å². The normalized spacial score (nSPS) is 32.1. The van der Waals surface area contributed by atoms with E-state index in [1.54, 1.807) is 0 Å². The van der Waals surface area contributed by atoms with Gasteiger partial charge < -0.3 is 10.6 Å². The third-order valence-corrected chi connectivity index (χ3v) is 5.10. The monoisotopic (exact) mass is 273 g/mol. The van der Waals surface area contributed by atoms with Crippen molar-refractivity contribution in [3.8, 4) is 0 Å². The molecule has 2 fully saturated rings. The lowest BCUT2D eigenvalue weighted by Gasteiger charge is -2.38. The Morgan fingerprint density at radius 1 is 1.15 bits per heavy atom. The quantitative estimate of drug-likeness (QED) is 0.885. The first-order chi connectivity index (χ1) is 9.84. The summed E-state index contributed by atoms with van der Waals surface area (Å²) in [6, 6.07) is 6.09. The molecule has 0 bridgehead atoms. The van der Waals surface area contributed by atoms with Crippen molar-refractivity contribution in [2.75, 3.05) is 6.54 Å². The second-order valence-corrected chi connectivity index (χ2v) is 6.43. The van der Waals surface area contributed by atoms with E-state index in [1.165, 1.54) is 50.6 Å². The van der Waals surface area contributed by atoms with E-state index in [9.17, 15) is 0 Å². The van der Waals surface area contributed by atoms with E-state index in [4.69, 9.17) is 0 Å². The number of nitrogens with zero attached hydrogens (tertiary/aromatic N) is 1. The maximum absolute atomic E-state index is 4.11. The van der Waals surface area contributed by atoms with Crippen LogP contribution < -0.4 is 10.6 Å². The minimum atomic E-state index is 0.421. The van der Waals surface area contributed by atoms with Crippen molar-refractivity contribution in [2.24, 2.45) is 5.92 Å². The molecule has 1 aromatic rings. The summed E-state index contributed by atoms with van der Waals surface area (Å²) in [6.45, 7) is 3.50. The van der Waals surface area contributed by atoms with Crippen LogP contribution in [0.4, 0.5) is 0 Å². The van der Waals surface area contributed by atoms with E-state index in [2.05, 4.69) is 34.7 Å². The standard InChI is InChI=1S/C17H27N3/c1-13(14-8-11-18-12-9-14)20-17-6-3-2-5-15(17)16-7-4-10-19-16/h8-9,11-13,15-17,19-20H,2-7,10H2,1H3/t13-,15?,16?,17?/m1/s1. The van der Waals surface area contributed by atoms with Crippen molar-refractivity contribution in [3.05, 3.63) is 30.1 Å². The van der Waals surface area contributed by atoms with Crippen LogP contribution in [-0.2, 0) is 0 Å². The first kappa shape index (κ1) is 14.0. The van der Waals surface area contributed by atoms with Gasteiger partial charge in [0.15, 0.2) is 0 Å². The molecule has 0 aromatic carbocycles. The molecular weight excluding hydrogens is 246 g/mol.